The summed E-state index contributed by atoms with van der Waals surface area (Å²) < 4.78 is 0. The second kappa shape index (κ2) is 7.28. The molecule has 5 nitrogen and oxygen atoms in total. The molecule has 0 aromatic carbocycles. The predicted octanol–water partition coefficient (Wildman–Crippen LogP) is 3.19. The minimum Gasteiger partial charge on any atom is -0.351 e. The summed E-state index contributed by atoms with van der Waals surface area (Å²) in [4.78, 5) is 23.3. The van der Waals surface area contributed by atoms with Gasteiger partial charge in [-0.05, 0) is 37.2 Å². The number of likely N-dealkylation sites (tertiary alicyclic amines) is 1. The summed E-state index contributed by atoms with van der Waals surface area (Å²) in [6.07, 6.45) is 10.4. The van der Waals surface area contributed by atoms with Crippen LogP contribution in [0.3, 0.4) is 0 Å². The molecule has 3 rings (SSSR count). The van der Waals surface area contributed by atoms with Gasteiger partial charge >= 0.3 is 0 Å². The molecule has 126 valence electrons. The van der Waals surface area contributed by atoms with E-state index >= 15 is 0 Å². The van der Waals surface area contributed by atoms with Crippen LogP contribution >= 0.6 is 0 Å². The molecule has 1 amide bonds. The van der Waals surface area contributed by atoms with Gasteiger partial charge in [-0.25, -0.2) is 9.97 Å². The average molecular weight is 316 g/mol. The van der Waals surface area contributed by atoms with E-state index in [-0.39, 0.29) is 0 Å². The maximum absolute atomic E-state index is 12.4. The molecule has 1 aromatic heterocycles. The van der Waals surface area contributed by atoms with Crippen LogP contribution in [-0.2, 0) is 4.79 Å². The number of hydrogen-bond donors (Lipinski definition) is 1. The number of carbonyl (C=O) groups excluding carboxylic acids is 1. The Labute approximate surface area is 138 Å². The fourth-order valence-electron chi connectivity index (χ4n) is 3.57. The van der Waals surface area contributed by atoms with E-state index in [1.165, 1.54) is 12.8 Å². The molecule has 0 radical (unpaired) electrons. The number of amides is 1. The number of piperidine rings is 1. The Hall–Kier alpha value is -1.65. The Morgan fingerprint density at radius 1 is 1.13 bits per heavy atom. The van der Waals surface area contributed by atoms with Crippen molar-refractivity contribution in [1.82, 2.24) is 14.9 Å². The van der Waals surface area contributed by atoms with Crippen LogP contribution in [0.1, 0.15) is 63.9 Å². The number of carbonyl (C=O) groups is 1. The summed E-state index contributed by atoms with van der Waals surface area (Å²) in [6, 6.07) is 0.368. The summed E-state index contributed by atoms with van der Waals surface area (Å²) in [5.74, 6) is 1.84. The van der Waals surface area contributed by atoms with E-state index in [4.69, 9.17) is 0 Å². The summed E-state index contributed by atoms with van der Waals surface area (Å²) >= 11 is 0. The van der Waals surface area contributed by atoms with Crippen LogP contribution < -0.4 is 5.32 Å². The predicted molar refractivity (Wildman–Crippen MR) is 91.3 cm³/mol. The summed E-state index contributed by atoms with van der Waals surface area (Å²) in [7, 11) is 0. The van der Waals surface area contributed by atoms with Crippen molar-refractivity contribution in [1.29, 1.82) is 0 Å². The van der Waals surface area contributed by atoms with Gasteiger partial charge in [-0.3, -0.25) is 4.79 Å². The van der Waals surface area contributed by atoms with Crippen LogP contribution in [-0.4, -0.2) is 39.9 Å². The van der Waals surface area contributed by atoms with Crippen molar-refractivity contribution in [3.8, 4) is 0 Å². The van der Waals surface area contributed by atoms with Crippen LogP contribution in [0, 0.1) is 5.92 Å². The molecule has 0 unspecified atom stereocenters. The zero-order valence-corrected chi connectivity index (χ0v) is 14.3. The molecule has 1 saturated carbocycles. The maximum atomic E-state index is 12.4. The van der Waals surface area contributed by atoms with Crippen LogP contribution in [0.5, 0.6) is 0 Å². The van der Waals surface area contributed by atoms with E-state index in [1.807, 2.05) is 12.4 Å². The molecule has 1 aliphatic carbocycles. The molecule has 1 aliphatic heterocycles. The number of rotatable bonds is 4. The lowest BCUT2D eigenvalue weighted by atomic mass is 10.0. The number of hydrogen-bond acceptors (Lipinski definition) is 4. The van der Waals surface area contributed by atoms with Crippen LogP contribution in [0.15, 0.2) is 12.4 Å². The first-order valence-corrected chi connectivity index (χ1v) is 9.00. The molecule has 5 heteroatoms. The largest absolute Gasteiger partial charge is 0.351 e. The molecule has 23 heavy (non-hydrogen) atoms. The first kappa shape index (κ1) is 16.2. The zero-order chi connectivity index (χ0) is 16.2. The van der Waals surface area contributed by atoms with Gasteiger partial charge in [-0.2, -0.15) is 0 Å². The third-order valence-corrected chi connectivity index (χ3v) is 5.18. The van der Waals surface area contributed by atoms with Crippen LogP contribution in [0.25, 0.3) is 0 Å². The lowest BCUT2D eigenvalue weighted by Gasteiger charge is -2.34. The molecular weight excluding hydrogens is 288 g/mol. The van der Waals surface area contributed by atoms with Crippen LogP contribution in [0.4, 0.5) is 5.95 Å². The molecule has 2 fully saturated rings. The van der Waals surface area contributed by atoms with Gasteiger partial charge in [0.1, 0.15) is 0 Å². The van der Waals surface area contributed by atoms with Gasteiger partial charge in [-0.1, -0.05) is 26.7 Å². The number of nitrogens with zero attached hydrogens (tertiary/aromatic N) is 3. The Bertz CT molecular complexity index is 514. The van der Waals surface area contributed by atoms with Gasteiger partial charge in [0.05, 0.1) is 0 Å². The fraction of sp³-hybridized carbons (Fsp3) is 0.722. The maximum Gasteiger partial charge on any atom is 0.225 e. The van der Waals surface area contributed by atoms with Crippen molar-refractivity contribution in [2.45, 2.75) is 64.3 Å². The van der Waals surface area contributed by atoms with Crippen molar-refractivity contribution in [2.24, 2.45) is 5.92 Å². The van der Waals surface area contributed by atoms with Crippen molar-refractivity contribution in [2.75, 3.05) is 18.4 Å². The monoisotopic (exact) mass is 316 g/mol. The molecule has 1 aromatic rings. The zero-order valence-electron chi connectivity index (χ0n) is 14.3. The van der Waals surface area contributed by atoms with E-state index in [0.29, 0.717) is 29.7 Å². The number of aromatic nitrogens is 2. The van der Waals surface area contributed by atoms with E-state index in [9.17, 15) is 4.79 Å². The molecule has 0 bridgehead atoms. The minimum absolute atomic E-state index is 0.298. The SMILES string of the molecule is CC(C)c1cnc(NC2CCN(C(=O)C3CCCC3)CC2)nc1. The smallest absolute Gasteiger partial charge is 0.225 e. The van der Waals surface area contributed by atoms with Gasteiger partial charge in [0.2, 0.25) is 11.9 Å². The Morgan fingerprint density at radius 2 is 1.74 bits per heavy atom. The highest BCUT2D eigenvalue weighted by atomic mass is 16.2. The number of nitrogens with one attached hydrogen (secondary N) is 1. The van der Waals surface area contributed by atoms with Gasteiger partial charge in [-0.15, -0.1) is 0 Å². The second-order valence-corrected chi connectivity index (χ2v) is 7.22. The van der Waals surface area contributed by atoms with Gasteiger partial charge in [0.25, 0.3) is 0 Å². The highest BCUT2D eigenvalue weighted by Crippen LogP contribution is 2.28. The van der Waals surface area contributed by atoms with Gasteiger partial charge < -0.3 is 10.2 Å². The van der Waals surface area contributed by atoms with Gasteiger partial charge in [0.15, 0.2) is 0 Å². The van der Waals surface area contributed by atoms with E-state index in [1.54, 1.807) is 0 Å². The van der Waals surface area contributed by atoms with Crippen molar-refractivity contribution in [3.05, 3.63) is 18.0 Å². The van der Waals surface area contributed by atoms with E-state index < -0.39 is 0 Å². The molecule has 0 atom stereocenters. The first-order valence-electron chi connectivity index (χ1n) is 9.00. The normalized spacial score (nSPS) is 20.2. The fourth-order valence-corrected chi connectivity index (χ4v) is 3.57. The molecule has 1 N–H and O–H groups in total. The van der Waals surface area contributed by atoms with Crippen LogP contribution in [0.2, 0.25) is 0 Å². The standard InChI is InChI=1S/C18H28N4O/c1-13(2)15-11-19-18(20-12-15)21-16-7-9-22(10-8-16)17(23)14-5-3-4-6-14/h11-14,16H,3-10H2,1-2H3,(H,19,20,21). The van der Waals surface area contributed by atoms with Crippen molar-refractivity contribution < 1.29 is 4.79 Å². The van der Waals surface area contributed by atoms with E-state index in [0.717, 1.165) is 44.3 Å². The molecule has 1 saturated heterocycles. The highest BCUT2D eigenvalue weighted by Gasteiger charge is 2.30. The Kier molecular flexibility index (Phi) is 5.13. The molecule has 2 heterocycles. The molecular formula is C18H28N4O. The summed E-state index contributed by atoms with van der Waals surface area (Å²) in [5.41, 5.74) is 1.16. The average Bonchev–Trinajstić information content (AvgIpc) is 3.10. The number of anilines is 1. The van der Waals surface area contributed by atoms with Crippen molar-refractivity contribution in [3.63, 3.8) is 0 Å². The Morgan fingerprint density at radius 3 is 2.30 bits per heavy atom. The minimum atomic E-state index is 0.298. The molecule has 2 aliphatic rings. The summed E-state index contributed by atoms with van der Waals surface area (Å²) in [5, 5.41) is 3.42. The quantitative estimate of drug-likeness (QED) is 0.927. The summed E-state index contributed by atoms with van der Waals surface area (Å²) in [6.45, 7) is 6.00. The van der Waals surface area contributed by atoms with E-state index in [2.05, 4.69) is 34.0 Å². The van der Waals surface area contributed by atoms with Gasteiger partial charge in [0, 0.05) is 37.4 Å². The lowest BCUT2D eigenvalue weighted by molar-refractivity contribution is -0.136. The third kappa shape index (κ3) is 4.01. The second-order valence-electron chi connectivity index (χ2n) is 7.22. The lowest BCUT2D eigenvalue weighted by Crippen LogP contribution is -2.44. The molecule has 0 spiro atoms. The first-order chi connectivity index (χ1) is 11.1. The Balaban J connectivity index is 1.48. The topological polar surface area (TPSA) is 58.1 Å². The highest BCUT2D eigenvalue weighted by molar-refractivity contribution is 5.79. The third-order valence-electron chi connectivity index (χ3n) is 5.18. The van der Waals surface area contributed by atoms with Crippen molar-refractivity contribution >= 4 is 11.9 Å².